The summed E-state index contributed by atoms with van der Waals surface area (Å²) in [5, 5.41) is 40.2. The quantitative estimate of drug-likeness (QED) is 0.198. The van der Waals surface area contributed by atoms with Gasteiger partial charge in [0.1, 0.15) is 12.4 Å². The fourth-order valence-corrected chi connectivity index (χ4v) is 2.17. The second kappa shape index (κ2) is 10.3. The molecule has 0 radical (unpaired) electrons. The lowest BCUT2D eigenvalue weighted by Crippen LogP contribution is -2.19. The van der Waals surface area contributed by atoms with E-state index in [2.05, 4.69) is 20.3 Å². The summed E-state index contributed by atoms with van der Waals surface area (Å²) in [4.78, 5) is 8.11. The summed E-state index contributed by atoms with van der Waals surface area (Å²) in [6.07, 6.45) is 2.63. The Labute approximate surface area is 154 Å². The van der Waals surface area contributed by atoms with Gasteiger partial charge in [-0.3, -0.25) is 21.4 Å². The first-order valence-electron chi connectivity index (χ1n) is 7.69. The number of aliphatic imine (C=N–C) groups is 2. The predicted molar refractivity (Wildman–Crippen MR) is 100 cm³/mol. The third kappa shape index (κ3) is 6.23. The summed E-state index contributed by atoms with van der Waals surface area (Å²) in [7, 11) is 0. The van der Waals surface area contributed by atoms with Gasteiger partial charge in [-0.05, 0) is 41.8 Å². The number of rotatable bonds is 6. The summed E-state index contributed by atoms with van der Waals surface area (Å²) in [6.45, 7) is 0. The van der Waals surface area contributed by atoms with E-state index in [1.165, 1.54) is 0 Å². The Kier molecular flexibility index (Phi) is 7.45. The lowest BCUT2D eigenvalue weighted by atomic mass is 10.0. The first-order chi connectivity index (χ1) is 13.2. The molecule has 140 valence electrons. The summed E-state index contributed by atoms with van der Waals surface area (Å²) >= 11 is 0. The van der Waals surface area contributed by atoms with E-state index in [9.17, 15) is 0 Å². The molecule has 0 amide bonds. The van der Waals surface area contributed by atoms with Crippen molar-refractivity contribution >= 4 is 35.5 Å². The number of amidine groups is 2. The van der Waals surface area contributed by atoms with Gasteiger partial charge in [0.05, 0.1) is 11.4 Å². The third-order valence-corrected chi connectivity index (χ3v) is 3.37. The molecular formula is C17H18N6O4. The highest BCUT2D eigenvalue weighted by Crippen LogP contribution is 2.18. The van der Waals surface area contributed by atoms with Crippen LogP contribution in [0.15, 0.2) is 68.8 Å². The normalized spacial score (nSPS) is 12.7. The third-order valence-electron chi connectivity index (χ3n) is 3.37. The zero-order valence-corrected chi connectivity index (χ0v) is 14.1. The average molecular weight is 370 g/mol. The lowest BCUT2D eigenvalue weighted by Gasteiger charge is -2.04. The lowest BCUT2D eigenvalue weighted by molar-refractivity contribution is 0.236. The van der Waals surface area contributed by atoms with Gasteiger partial charge in [0.2, 0.25) is 0 Å². The van der Waals surface area contributed by atoms with Gasteiger partial charge in [0.25, 0.3) is 0 Å². The largest absolute Gasteiger partial charge is 0.411 e. The molecule has 10 nitrogen and oxygen atoms in total. The number of hydroxylamine groups is 2. The molecule has 0 saturated carbocycles. The Morgan fingerprint density at radius 1 is 0.704 bits per heavy atom. The summed E-state index contributed by atoms with van der Waals surface area (Å²) < 4.78 is 0. The SMILES string of the molecule is O/N=C/C(=Nc1ccc(Cc2ccc(N=C(/C=N/O)NO)cc2)cc1)NO. The zero-order chi connectivity index (χ0) is 19.5. The molecule has 0 aliphatic heterocycles. The Bertz CT molecular complexity index is 773. The highest BCUT2D eigenvalue weighted by molar-refractivity contribution is 6.29. The first kappa shape index (κ1) is 19.6. The molecule has 0 fully saturated rings. The first-order valence-corrected chi connectivity index (χ1v) is 7.69. The smallest absolute Gasteiger partial charge is 0.172 e. The van der Waals surface area contributed by atoms with Crippen LogP contribution in [0.3, 0.4) is 0 Å². The molecule has 2 rings (SSSR count). The van der Waals surface area contributed by atoms with Crippen molar-refractivity contribution in [3.63, 3.8) is 0 Å². The summed E-state index contributed by atoms with van der Waals surface area (Å²) in [5.41, 5.74) is 6.90. The Balaban J connectivity index is 2.07. The standard InChI is InChI=1S/C17H18N6O4/c24-18-10-16(22-26)20-14-5-1-12(2-6-14)9-13-3-7-15(8-4-13)21-17(23-27)11-19-25/h1-8,10-11,24-27H,9H2,(H,20,22)(H,21,23)/b18-10+,19-11+. The predicted octanol–water partition coefficient (Wildman–Crippen LogP) is 2.21. The minimum Gasteiger partial charge on any atom is -0.411 e. The van der Waals surface area contributed by atoms with Gasteiger partial charge in [0.15, 0.2) is 11.7 Å². The van der Waals surface area contributed by atoms with E-state index < -0.39 is 0 Å². The van der Waals surface area contributed by atoms with Gasteiger partial charge in [-0.2, -0.15) is 0 Å². The topological polar surface area (TPSA) is 154 Å². The van der Waals surface area contributed by atoms with E-state index in [1.54, 1.807) is 24.3 Å². The maximum absolute atomic E-state index is 8.86. The fourth-order valence-electron chi connectivity index (χ4n) is 2.17. The molecular weight excluding hydrogens is 352 g/mol. The van der Waals surface area contributed by atoms with E-state index in [-0.39, 0.29) is 11.7 Å². The van der Waals surface area contributed by atoms with Crippen molar-refractivity contribution in [3.8, 4) is 0 Å². The minimum atomic E-state index is 0.00405. The van der Waals surface area contributed by atoms with Crippen LogP contribution in [0.1, 0.15) is 11.1 Å². The highest BCUT2D eigenvalue weighted by Gasteiger charge is 2.00. The Morgan fingerprint density at radius 3 is 1.37 bits per heavy atom. The maximum atomic E-state index is 8.86. The molecule has 0 aliphatic carbocycles. The van der Waals surface area contributed by atoms with Crippen LogP contribution in [0.5, 0.6) is 0 Å². The van der Waals surface area contributed by atoms with Crippen LogP contribution < -0.4 is 11.0 Å². The Morgan fingerprint density at radius 2 is 1.07 bits per heavy atom. The number of hydrogen-bond acceptors (Lipinski definition) is 8. The number of hydrogen-bond donors (Lipinski definition) is 6. The molecule has 27 heavy (non-hydrogen) atoms. The average Bonchev–Trinajstić information content (AvgIpc) is 2.70. The molecule has 0 bridgehead atoms. The molecule has 0 spiro atoms. The van der Waals surface area contributed by atoms with Crippen LogP contribution >= 0.6 is 0 Å². The van der Waals surface area contributed by atoms with Crippen molar-refractivity contribution < 1.29 is 20.8 Å². The van der Waals surface area contributed by atoms with Crippen molar-refractivity contribution in [1.29, 1.82) is 0 Å². The van der Waals surface area contributed by atoms with E-state index in [0.717, 1.165) is 23.6 Å². The Hall–Kier alpha value is -3.76. The van der Waals surface area contributed by atoms with Gasteiger partial charge in [-0.1, -0.05) is 34.6 Å². The van der Waals surface area contributed by atoms with Crippen molar-refractivity contribution in [3.05, 3.63) is 59.7 Å². The van der Waals surface area contributed by atoms with Crippen LogP contribution in [0, 0.1) is 0 Å². The van der Waals surface area contributed by atoms with Crippen molar-refractivity contribution in [1.82, 2.24) is 11.0 Å². The molecule has 0 aliphatic rings. The second-order valence-electron chi connectivity index (χ2n) is 5.22. The maximum Gasteiger partial charge on any atom is 0.172 e. The molecule has 0 heterocycles. The number of nitrogens with one attached hydrogen (secondary N) is 2. The fraction of sp³-hybridized carbons (Fsp3) is 0.0588. The zero-order valence-electron chi connectivity index (χ0n) is 14.1. The number of oxime groups is 2. The molecule has 0 saturated heterocycles. The van der Waals surface area contributed by atoms with E-state index in [0.29, 0.717) is 17.8 Å². The highest BCUT2D eigenvalue weighted by atomic mass is 16.5. The van der Waals surface area contributed by atoms with Crippen LogP contribution in [0.25, 0.3) is 0 Å². The molecule has 0 atom stereocenters. The van der Waals surface area contributed by atoms with Crippen LogP contribution in [-0.4, -0.2) is 44.9 Å². The van der Waals surface area contributed by atoms with Crippen LogP contribution in [-0.2, 0) is 6.42 Å². The number of benzene rings is 2. The van der Waals surface area contributed by atoms with E-state index in [1.807, 2.05) is 35.2 Å². The van der Waals surface area contributed by atoms with Crippen LogP contribution in [0.4, 0.5) is 11.4 Å². The second-order valence-corrected chi connectivity index (χ2v) is 5.22. The van der Waals surface area contributed by atoms with Crippen molar-refractivity contribution in [2.75, 3.05) is 0 Å². The van der Waals surface area contributed by atoms with Crippen molar-refractivity contribution in [2.45, 2.75) is 6.42 Å². The monoisotopic (exact) mass is 370 g/mol. The van der Waals surface area contributed by atoms with Gasteiger partial charge in [-0.25, -0.2) is 9.98 Å². The molecule has 6 N–H and O–H groups in total. The molecule has 10 heteroatoms. The molecule has 2 aromatic rings. The van der Waals surface area contributed by atoms with E-state index >= 15 is 0 Å². The van der Waals surface area contributed by atoms with Crippen LogP contribution in [0.2, 0.25) is 0 Å². The molecule has 0 unspecified atom stereocenters. The minimum absolute atomic E-state index is 0.00405. The molecule has 0 aromatic heterocycles. The summed E-state index contributed by atoms with van der Waals surface area (Å²) in [6, 6.07) is 14.6. The van der Waals surface area contributed by atoms with E-state index in [4.69, 9.17) is 20.8 Å². The summed E-state index contributed by atoms with van der Waals surface area (Å²) in [5.74, 6) is 0.00810. The van der Waals surface area contributed by atoms with Gasteiger partial charge in [-0.15, -0.1) is 0 Å². The van der Waals surface area contributed by atoms with Crippen molar-refractivity contribution in [2.24, 2.45) is 20.3 Å². The van der Waals surface area contributed by atoms with Gasteiger partial charge < -0.3 is 10.4 Å². The van der Waals surface area contributed by atoms with Gasteiger partial charge >= 0.3 is 0 Å². The number of nitrogens with zero attached hydrogens (tertiary/aromatic N) is 4. The molecule has 2 aromatic carbocycles. The van der Waals surface area contributed by atoms with Gasteiger partial charge in [0, 0.05) is 0 Å².